The number of nitrogens with one attached hydrogen (secondary N) is 1. The van der Waals surface area contributed by atoms with Crippen LogP contribution in [0.2, 0.25) is 0 Å². The standard InChI is InChI=1S/C30H43N5O2/c1-6-25(16-31-7-2)34(17-23-10-12-32-22(5)14-23)18-24-19-35(21(3)4)29-15-26(8-9-28(29)30(24)37)33-13-11-27(36)20-33/h8-10,12,14-15,19,21,25,27,31,36H,6-7,11,13,16-18,20H2,1-5H3. The molecule has 7 nitrogen and oxygen atoms in total. The monoisotopic (exact) mass is 505 g/mol. The first kappa shape index (κ1) is 27.3. The van der Waals surface area contributed by atoms with Crippen LogP contribution in [0.15, 0.2) is 47.5 Å². The van der Waals surface area contributed by atoms with Crippen LogP contribution in [-0.2, 0) is 13.1 Å². The summed E-state index contributed by atoms with van der Waals surface area (Å²) in [6.07, 6.45) is 5.44. The Morgan fingerprint density at radius 3 is 2.65 bits per heavy atom. The molecule has 0 radical (unpaired) electrons. The van der Waals surface area contributed by atoms with E-state index < -0.39 is 0 Å². The molecule has 1 aliphatic heterocycles. The molecule has 0 bridgehead atoms. The summed E-state index contributed by atoms with van der Waals surface area (Å²) in [6, 6.07) is 10.9. The minimum Gasteiger partial charge on any atom is -0.391 e. The van der Waals surface area contributed by atoms with Crippen molar-refractivity contribution >= 4 is 16.6 Å². The number of nitrogens with zero attached hydrogens (tertiary/aromatic N) is 4. The van der Waals surface area contributed by atoms with E-state index in [1.54, 1.807) is 0 Å². The van der Waals surface area contributed by atoms with Crippen molar-refractivity contribution in [1.82, 2.24) is 19.8 Å². The van der Waals surface area contributed by atoms with Crippen LogP contribution in [0.3, 0.4) is 0 Å². The third-order valence-corrected chi connectivity index (χ3v) is 7.51. The first-order chi connectivity index (χ1) is 17.8. The summed E-state index contributed by atoms with van der Waals surface area (Å²) < 4.78 is 2.24. The number of anilines is 1. The number of aliphatic hydroxyl groups excluding tert-OH is 1. The molecule has 0 aliphatic carbocycles. The topological polar surface area (TPSA) is 73.6 Å². The van der Waals surface area contributed by atoms with Crippen LogP contribution in [0.5, 0.6) is 0 Å². The van der Waals surface area contributed by atoms with Crippen LogP contribution in [0.1, 0.15) is 63.4 Å². The predicted octanol–water partition coefficient (Wildman–Crippen LogP) is 4.25. The van der Waals surface area contributed by atoms with E-state index in [-0.39, 0.29) is 17.6 Å². The van der Waals surface area contributed by atoms with E-state index in [2.05, 4.69) is 76.8 Å². The lowest BCUT2D eigenvalue weighted by Gasteiger charge is -2.32. The molecule has 2 unspecified atom stereocenters. The van der Waals surface area contributed by atoms with Crippen molar-refractivity contribution in [2.45, 2.75) is 78.7 Å². The predicted molar refractivity (Wildman–Crippen MR) is 152 cm³/mol. The number of benzene rings is 1. The van der Waals surface area contributed by atoms with Gasteiger partial charge in [-0.3, -0.25) is 14.7 Å². The number of fused-ring (bicyclic) bond motifs is 1. The Balaban J connectivity index is 1.73. The Bertz CT molecular complexity index is 1250. The zero-order chi connectivity index (χ0) is 26.5. The van der Waals surface area contributed by atoms with Gasteiger partial charge in [-0.05, 0) is 76.1 Å². The third-order valence-electron chi connectivity index (χ3n) is 7.51. The van der Waals surface area contributed by atoms with E-state index >= 15 is 0 Å². The lowest BCUT2D eigenvalue weighted by atomic mass is 10.1. The van der Waals surface area contributed by atoms with Gasteiger partial charge in [0.15, 0.2) is 5.43 Å². The normalized spacial score (nSPS) is 16.9. The maximum absolute atomic E-state index is 13.8. The van der Waals surface area contributed by atoms with E-state index in [0.717, 1.165) is 66.9 Å². The molecule has 1 saturated heterocycles. The van der Waals surface area contributed by atoms with Crippen molar-refractivity contribution < 1.29 is 5.11 Å². The first-order valence-electron chi connectivity index (χ1n) is 13.8. The van der Waals surface area contributed by atoms with E-state index in [1.807, 2.05) is 25.3 Å². The van der Waals surface area contributed by atoms with Gasteiger partial charge in [-0.15, -0.1) is 0 Å². The van der Waals surface area contributed by atoms with Gasteiger partial charge in [0.2, 0.25) is 0 Å². The largest absolute Gasteiger partial charge is 0.391 e. The number of hydrogen-bond acceptors (Lipinski definition) is 6. The summed E-state index contributed by atoms with van der Waals surface area (Å²) in [5, 5.41) is 14.3. The fraction of sp³-hybridized carbons (Fsp3) is 0.533. The van der Waals surface area contributed by atoms with Gasteiger partial charge in [0.25, 0.3) is 0 Å². The molecular formula is C30H43N5O2. The van der Waals surface area contributed by atoms with Gasteiger partial charge in [0, 0.05) is 79.5 Å². The highest BCUT2D eigenvalue weighted by molar-refractivity contribution is 5.83. The molecule has 7 heteroatoms. The molecule has 2 aromatic heterocycles. The van der Waals surface area contributed by atoms with Crippen LogP contribution >= 0.6 is 0 Å². The van der Waals surface area contributed by atoms with Gasteiger partial charge in [-0.1, -0.05) is 13.8 Å². The number of likely N-dealkylation sites (N-methyl/N-ethyl adjacent to an activating group) is 1. The lowest BCUT2D eigenvalue weighted by Crippen LogP contribution is -2.42. The Kier molecular flexibility index (Phi) is 9.00. The van der Waals surface area contributed by atoms with E-state index in [0.29, 0.717) is 19.1 Å². The highest BCUT2D eigenvalue weighted by Gasteiger charge is 2.23. The molecule has 200 valence electrons. The van der Waals surface area contributed by atoms with Crippen LogP contribution in [0, 0.1) is 6.92 Å². The molecule has 3 aromatic rings. The molecule has 2 atom stereocenters. The molecule has 4 rings (SSSR count). The minimum absolute atomic E-state index is 0.106. The van der Waals surface area contributed by atoms with Crippen LogP contribution in [0.4, 0.5) is 5.69 Å². The first-order valence-corrected chi connectivity index (χ1v) is 13.8. The second-order valence-electron chi connectivity index (χ2n) is 10.7. The fourth-order valence-corrected chi connectivity index (χ4v) is 5.42. The summed E-state index contributed by atoms with van der Waals surface area (Å²) in [5.41, 5.74) is 5.17. The second kappa shape index (κ2) is 12.2. The number of β-amino-alcohol motifs (C(OH)–C–C–N with tert-alkyl or cyclic N) is 1. The number of pyridine rings is 2. The number of aliphatic hydroxyl groups is 1. The van der Waals surface area contributed by atoms with Crippen molar-refractivity contribution in [2.75, 3.05) is 31.1 Å². The Labute approximate surface area is 221 Å². The van der Waals surface area contributed by atoms with Gasteiger partial charge in [0.1, 0.15) is 0 Å². The molecule has 1 aliphatic rings. The SMILES string of the molecule is CCNCC(CC)N(Cc1ccnc(C)c1)Cc1cn(C(C)C)c2cc(N3CCC(O)C3)ccc2c1=O. The van der Waals surface area contributed by atoms with Gasteiger partial charge < -0.3 is 19.9 Å². The molecule has 3 heterocycles. The molecule has 0 amide bonds. The third kappa shape index (κ3) is 6.40. The van der Waals surface area contributed by atoms with Crippen LogP contribution in [0.25, 0.3) is 10.9 Å². The summed E-state index contributed by atoms with van der Waals surface area (Å²) in [7, 11) is 0. The Hall–Kier alpha value is -2.74. The lowest BCUT2D eigenvalue weighted by molar-refractivity contribution is 0.169. The molecule has 0 saturated carbocycles. The molecule has 37 heavy (non-hydrogen) atoms. The Morgan fingerprint density at radius 1 is 1.19 bits per heavy atom. The molecule has 1 fully saturated rings. The smallest absolute Gasteiger partial charge is 0.193 e. The quantitative estimate of drug-likeness (QED) is 0.406. The van der Waals surface area contributed by atoms with Crippen molar-refractivity contribution in [3.63, 3.8) is 0 Å². The number of aromatic nitrogens is 2. The minimum atomic E-state index is -0.283. The van der Waals surface area contributed by atoms with Crippen molar-refractivity contribution in [1.29, 1.82) is 0 Å². The summed E-state index contributed by atoms with van der Waals surface area (Å²) in [5.74, 6) is 0. The van der Waals surface area contributed by atoms with E-state index in [4.69, 9.17) is 0 Å². The number of aryl methyl sites for hydroxylation is 1. The Morgan fingerprint density at radius 2 is 2.00 bits per heavy atom. The zero-order valence-corrected chi connectivity index (χ0v) is 23.1. The molecule has 2 N–H and O–H groups in total. The van der Waals surface area contributed by atoms with Crippen molar-refractivity contribution in [2.24, 2.45) is 0 Å². The number of hydrogen-bond donors (Lipinski definition) is 2. The zero-order valence-electron chi connectivity index (χ0n) is 23.1. The van der Waals surface area contributed by atoms with Crippen LogP contribution in [-0.4, -0.2) is 57.9 Å². The van der Waals surface area contributed by atoms with Gasteiger partial charge in [0.05, 0.1) is 11.6 Å². The maximum atomic E-state index is 13.8. The number of rotatable bonds is 11. The summed E-state index contributed by atoms with van der Waals surface area (Å²) in [6.45, 7) is 15.3. The average Bonchev–Trinajstić information content (AvgIpc) is 3.31. The highest BCUT2D eigenvalue weighted by Crippen LogP contribution is 2.27. The summed E-state index contributed by atoms with van der Waals surface area (Å²) >= 11 is 0. The van der Waals surface area contributed by atoms with Gasteiger partial charge in [-0.25, -0.2) is 0 Å². The van der Waals surface area contributed by atoms with E-state index in [1.165, 1.54) is 5.56 Å². The maximum Gasteiger partial charge on any atom is 0.193 e. The van der Waals surface area contributed by atoms with Crippen molar-refractivity contribution in [3.05, 3.63) is 69.8 Å². The highest BCUT2D eigenvalue weighted by atomic mass is 16.3. The van der Waals surface area contributed by atoms with Gasteiger partial charge >= 0.3 is 0 Å². The molecule has 1 aromatic carbocycles. The molecular weight excluding hydrogens is 462 g/mol. The van der Waals surface area contributed by atoms with Gasteiger partial charge in [-0.2, -0.15) is 0 Å². The fourth-order valence-electron chi connectivity index (χ4n) is 5.42. The average molecular weight is 506 g/mol. The van der Waals surface area contributed by atoms with E-state index in [9.17, 15) is 9.90 Å². The molecule has 0 spiro atoms. The van der Waals surface area contributed by atoms with Crippen LogP contribution < -0.4 is 15.6 Å². The summed E-state index contributed by atoms with van der Waals surface area (Å²) in [4.78, 5) is 22.8. The van der Waals surface area contributed by atoms with Crippen molar-refractivity contribution in [3.8, 4) is 0 Å². The second-order valence-corrected chi connectivity index (χ2v) is 10.7.